The Kier molecular flexibility index (Phi) is 3.64. The summed E-state index contributed by atoms with van der Waals surface area (Å²) >= 11 is 5.72. The van der Waals surface area contributed by atoms with E-state index in [4.69, 9.17) is 11.6 Å². The first-order chi connectivity index (χ1) is 7.70. The van der Waals surface area contributed by atoms with Crippen molar-refractivity contribution in [2.24, 2.45) is 5.92 Å². The molecule has 0 unspecified atom stereocenters. The maximum atomic E-state index is 5.72. The van der Waals surface area contributed by atoms with E-state index in [1.165, 1.54) is 12.8 Å². The second-order valence-electron chi connectivity index (χ2n) is 4.71. The van der Waals surface area contributed by atoms with Crippen LogP contribution in [0.15, 0.2) is 12.4 Å². The summed E-state index contributed by atoms with van der Waals surface area (Å²) < 4.78 is 0. The molecule has 0 radical (unpaired) electrons. The van der Waals surface area contributed by atoms with E-state index < -0.39 is 0 Å². The molecule has 2 rings (SSSR count). The number of halogens is 1. The minimum atomic E-state index is 0.447. The SMILES string of the molecule is CC(C)N(CC1CC1)c1ncc(CCl)cn1. The Morgan fingerprint density at radius 3 is 2.44 bits per heavy atom. The summed E-state index contributed by atoms with van der Waals surface area (Å²) in [5.74, 6) is 2.15. The van der Waals surface area contributed by atoms with E-state index in [9.17, 15) is 0 Å². The third-order valence-electron chi connectivity index (χ3n) is 2.88. The van der Waals surface area contributed by atoms with Crippen molar-refractivity contribution >= 4 is 17.5 Å². The Hall–Kier alpha value is -0.830. The molecule has 88 valence electrons. The third kappa shape index (κ3) is 2.85. The molecular formula is C12H18ClN3. The molecule has 0 amide bonds. The van der Waals surface area contributed by atoms with E-state index in [2.05, 4.69) is 28.7 Å². The van der Waals surface area contributed by atoms with Crippen LogP contribution in [0.2, 0.25) is 0 Å². The third-order valence-corrected chi connectivity index (χ3v) is 3.19. The molecule has 0 N–H and O–H groups in total. The van der Waals surface area contributed by atoms with Crippen molar-refractivity contribution in [2.75, 3.05) is 11.4 Å². The van der Waals surface area contributed by atoms with Gasteiger partial charge >= 0.3 is 0 Å². The summed E-state index contributed by atoms with van der Waals surface area (Å²) in [5.41, 5.74) is 0.973. The molecule has 0 bridgehead atoms. The molecular weight excluding hydrogens is 222 g/mol. The molecule has 0 aliphatic heterocycles. The van der Waals surface area contributed by atoms with Crippen molar-refractivity contribution in [1.82, 2.24) is 9.97 Å². The number of anilines is 1. The Morgan fingerprint density at radius 1 is 1.38 bits per heavy atom. The Labute approximate surface area is 102 Å². The van der Waals surface area contributed by atoms with E-state index in [0.717, 1.165) is 24.0 Å². The van der Waals surface area contributed by atoms with Gasteiger partial charge < -0.3 is 4.90 Å². The van der Waals surface area contributed by atoms with E-state index >= 15 is 0 Å². The van der Waals surface area contributed by atoms with Gasteiger partial charge in [-0.25, -0.2) is 9.97 Å². The van der Waals surface area contributed by atoms with Gasteiger partial charge in [-0.05, 0) is 32.6 Å². The molecule has 1 saturated carbocycles. The Balaban J connectivity index is 2.10. The van der Waals surface area contributed by atoms with Crippen molar-refractivity contribution in [3.05, 3.63) is 18.0 Å². The molecule has 0 saturated heterocycles. The molecule has 1 aromatic heterocycles. The first kappa shape index (κ1) is 11.6. The van der Waals surface area contributed by atoms with Gasteiger partial charge in [-0.1, -0.05) is 0 Å². The van der Waals surface area contributed by atoms with Gasteiger partial charge in [-0.2, -0.15) is 0 Å². The number of hydrogen-bond donors (Lipinski definition) is 0. The molecule has 1 aliphatic rings. The highest BCUT2D eigenvalue weighted by Crippen LogP contribution is 2.31. The normalized spacial score (nSPS) is 15.5. The van der Waals surface area contributed by atoms with Gasteiger partial charge in [-0.15, -0.1) is 11.6 Å². The lowest BCUT2D eigenvalue weighted by molar-refractivity contribution is 0.627. The van der Waals surface area contributed by atoms with Crippen LogP contribution in [0, 0.1) is 5.92 Å². The zero-order chi connectivity index (χ0) is 11.5. The molecule has 0 aromatic carbocycles. The van der Waals surface area contributed by atoms with Crippen LogP contribution < -0.4 is 4.90 Å². The summed E-state index contributed by atoms with van der Waals surface area (Å²) in [4.78, 5) is 11.0. The smallest absolute Gasteiger partial charge is 0.225 e. The maximum Gasteiger partial charge on any atom is 0.225 e. The first-order valence-electron chi connectivity index (χ1n) is 5.84. The van der Waals surface area contributed by atoms with E-state index in [1.54, 1.807) is 0 Å². The van der Waals surface area contributed by atoms with Crippen LogP contribution >= 0.6 is 11.6 Å². The summed E-state index contributed by atoms with van der Waals surface area (Å²) in [6, 6.07) is 0.447. The predicted molar refractivity (Wildman–Crippen MR) is 66.8 cm³/mol. The maximum absolute atomic E-state index is 5.72. The first-order valence-corrected chi connectivity index (χ1v) is 6.37. The quantitative estimate of drug-likeness (QED) is 0.740. The highest BCUT2D eigenvalue weighted by Gasteiger charge is 2.26. The van der Waals surface area contributed by atoms with Crippen LogP contribution in [-0.2, 0) is 5.88 Å². The zero-order valence-corrected chi connectivity index (χ0v) is 10.6. The molecule has 1 aliphatic carbocycles. The lowest BCUT2D eigenvalue weighted by atomic mass is 10.3. The number of aromatic nitrogens is 2. The van der Waals surface area contributed by atoms with Gasteiger partial charge in [0.15, 0.2) is 0 Å². The van der Waals surface area contributed by atoms with E-state index in [-0.39, 0.29) is 0 Å². The fourth-order valence-corrected chi connectivity index (χ4v) is 1.81. The van der Waals surface area contributed by atoms with Gasteiger partial charge in [0.05, 0.1) is 5.88 Å². The van der Waals surface area contributed by atoms with Crippen molar-refractivity contribution in [1.29, 1.82) is 0 Å². The minimum absolute atomic E-state index is 0.447. The van der Waals surface area contributed by atoms with E-state index in [1.807, 2.05) is 12.4 Å². The van der Waals surface area contributed by atoms with Crippen LogP contribution in [0.3, 0.4) is 0 Å². The van der Waals surface area contributed by atoms with Gasteiger partial charge in [0.2, 0.25) is 5.95 Å². The summed E-state index contributed by atoms with van der Waals surface area (Å²) in [6.07, 6.45) is 6.33. The fourth-order valence-electron chi connectivity index (χ4n) is 1.67. The molecule has 16 heavy (non-hydrogen) atoms. The highest BCUT2D eigenvalue weighted by atomic mass is 35.5. The van der Waals surface area contributed by atoms with Crippen molar-refractivity contribution in [3.63, 3.8) is 0 Å². The lowest BCUT2D eigenvalue weighted by Gasteiger charge is -2.26. The summed E-state index contributed by atoms with van der Waals surface area (Å²) in [6.45, 7) is 5.44. The fraction of sp³-hybridized carbons (Fsp3) is 0.667. The Morgan fingerprint density at radius 2 is 2.00 bits per heavy atom. The van der Waals surface area contributed by atoms with E-state index in [0.29, 0.717) is 11.9 Å². The van der Waals surface area contributed by atoms with Crippen molar-refractivity contribution < 1.29 is 0 Å². The predicted octanol–water partition coefficient (Wildman–Crippen LogP) is 2.84. The van der Waals surface area contributed by atoms with Crippen LogP contribution in [0.25, 0.3) is 0 Å². The van der Waals surface area contributed by atoms with Crippen LogP contribution in [0.5, 0.6) is 0 Å². The van der Waals surface area contributed by atoms with Crippen LogP contribution in [0.4, 0.5) is 5.95 Å². The molecule has 1 heterocycles. The summed E-state index contributed by atoms with van der Waals surface area (Å²) in [5, 5.41) is 0. The zero-order valence-electron chi connectivity index (χ0n) is 9.86. The molecule has 4 heteroatoms. The number of alkyl halides is 1. The molecule has 0 spiro atoms. The standard InChI is InChI=1S/C12H18ClN3/c1-9(2)16(8-10-3-4-10)12-14-6-11(5-13)7-15-12/h6-7,9-10H,3-5,8H2,1-2H3. The van der Waals surface area contributed by atoms with Gasteiger partial charge in [0.25, 0.3) is 0 Å². The van der Waals surface area contributed by atoms with Gasteiger partial charge in [0, 0.05) is 30.5 Å². The average molecular weight is 240 g/mol. The molecule has 1 aromatic rings. The Bertz CT molecular complexity index is 333. The number of rotatable bonds is 5. The van der Waals surface area contributed by atoms with Gasteiger partial charge in [0.1, 0.15) is 0 Å². The largest absolute Gasteiger partial charge is 0.338 e. The topological polar surface area (TPSA) is 29.0 Å². The minimum Gasteiger partial charge on any atom is -0.338 e. The second-order valence-corrected chi connectivity index (χ2v) is 4.98. The summed E-state index contributed by atoms with van der Waals surface area (Å²) in [7, 11) is 0. The number of hydrogen-bond acceptors (Lipinski definition) is 3. The molecule has 3 nitrogen and oxygen atoms in total. The molecule has 1 fully saturated rings. The van der Waals surface area contributed by atoms with Crippen molar-refractivity contribution in [3.8, 4) is 0 Å². The lowest BCUT2D eigenvalue weighted by Crippen LogP contribution is -2.34. The van der Waals surface area contributed by atoms with Crippen LogP contribution in [0.1, 0.15) is 32.3 Å². The second kappa shape index (κ2) is 5.00. The van der Waals surface area contributed by atoms with Crippen LogP contribution in [-0.4, -0.2) is 22.6 Å². The van der Waals surface area contributed by atoms with Crippen molar-refractivity contribution in [2.45, 2.75) is 38.6 Å². The molecule has 0 atom stereocenters. The number of nitrogens with zero attached hydrogens (tertiary/aromatic N) is 3. The highest BCUT2D eigenvalue weighted by molar-refractivity contribution is 6.17. The average Bonchev–Trinajstić information content (AvgIpc) is 3.09. The van der Waals surface area contributed by atoms with Gasteiger partial charge in [-0.3, -0.25) is 0 Å². The monoisotopic (exact) mass is 239 g/mol.